The Kier molecular flexibility index (Phi) is 4.32. The molecular weight excluding hydrogens is 241 g/mol. The van der Waals surface area contributed by atoms with Crippen LogP contribution in [0.4, 0.5) is 13.2 Å². The van der Waals surface area contributed by atoms with Gasteiger partial charge in [0.15, 0.2) is 5.84 Å². The summed E-state index contributed by atoms with van der Waals surface area (Å²) >= 11 is 0. The van der Waals surface area contributed by atoms with E-state index >= 15 is 0 Å². The number of rotatable bonds is 5. The molecule has 0 spiro atoms. The van der Waals surface area contributed by atoms with E-state index < -0.39 is 24.5 Å². The van der Waals surface area contributed by atoms with E-state index in [1.54, 1.807) is 0 Å². The molecule has 0 aromatic carbocycles. The predicted octanol–water partition coefficient (Wildman–Crippen LogP) is 0.689. The number of halogens is 3. The number of nitrogens with one attached hydrogen (secondary N) is 1. The number of alkyl halides is 3. The topological polar surface area (TPSA) is 96.7 Å². The Labute approximate surface area is 94.3 Å². The molecule has 96 valence electrons. The molecule has 0 radical (unpaired) electrons. The number of nitrogens with zero attached hydrogens (tertiary/aromatic N) is 2. The van der Waals surface area contributed by atoms with Gasteiger partial charge in [-0.05, 0) is 0 Å². The van der Waals surface area contributed by atoms with Crippen molar-refractivity contribution in [3.05, 3.63) is 18.0 Å². The minimum Gasteiger partial charge on any atom is -0.409 e. The molecular formula is C8H11F3N4O2. The molecule has 4 N–H and O–H groups in total. The first-order chi connectivity index (χ1) is 7.95. The highest BCUT2D eigenvalue weighted by molar-refractivity contribution is 5.83. The van der Waals surface area contributed by atoms with Gasteiger partial charge in [0.2, 0.25) is 0 Å². The van der Waals surface area contributed by atoms with Gasteiger partial charge >= 0.3 is 6.18 Å². The molecule has 0 amide bonds. The van der Waals surface area contributed by atoms with Gasteiger partial charge in [-0.25, -0.2) is 0 Å². The Hall–Kier alpha value is -1.77. The molecule has 1 rings (SSSR count). The van der Waals surface area contributed by atoms with Crippen LogP contribution in [0.1, 0.15) is 5.69 Å². The first kappa shape index (κ1) is 13.3. The number of amidine groups is 1. The first-order valence-electron chi connectivity index (χ1n) is 4.59. The molecule has 1 unspecified atom stereocenters. The van der Waals surface area contributed by atoms with Gasteiger partial charge in [-0.3, -0.25) is 0 Å². The molecule has 1 aromatic rings. The number of aromatic nitrogens is 1. The molecule has 0 aliphatic heterocycles. The maximum absolute atomic E-state index is 12.5. The van der Waals surface area contributed by atoms with Crippen LogP contribution >= 0.6 is 0 Å². The SMILES string of the molecule is N/C(=N/O)C(CNCc1ccon1)C(F)(F)F. The van der Waals surface area contributed by atoms with Crippen molar-refractivity contribution >= 4 is 5.84 Å². The summed E-state index contributed by atoms with van der Waals surface area (Å²) in [7, 11) is 0. The molecule has 0 aliphatic rings. The van der Waals surface area contributed by atoms with E-state index in [1.165, 1.54) is 12.3 Å². The van der Waals surface area contributed by atoms with Gasteiger partial charge in [-0.2, -0.15) is 13.2 Å². The van der Waals surface area contributed by atoms with Crippen molar-refractivity contribution < 1.29 is 22.9 Å². The van der Waals surface area contributed by atoms with Gasteiger partial charge in [-0.15, -0.1) is 0 Å². The molecule has 9 heteroatoms. The normalized spacial score (nSPS) is 14.9. The Bertz CT molecular complexity index is 363. The van der Waals surface area contributed by atoms with Crippen LogP contribution in [-0.2, 0) is 6.54 Å². The van der Waals surface area contributed by atoms with Crippen LogP contribution in [0, 0.1) is 5.92 Å². The summed E-state index contributed by atoms with van der Waals surface area (Å²) in [5.41, 5.74) is 5.43. The lowest BCUT2D eigenvalue weighted by Crippen LogP contribution is -2.42. The number of hydrogen-bond acceptors (Lipinski definition) is 5. The summed E-state index contributed by atoms with van der Waals surface area (Å²) in [6.45, 7) is -0.409. The van der Waals surface area contributed by atoms with Crippen LogP contribution in [0.25, 0.3) is 0 Å². The highest BCUT2D eigenvalue weighted by atomic mass is 19.4. The molecule has 0 saturated carbocycles. The van der Waals surface area contributed by atoms with Crippen molar-refractivity contribution in [1.29, 1.82) is 0 Å². The average Bonchev–Trinajstić information content (AvgIpc) is 2.74. The van der Waals surface area contributed by atoms with Crippen molar-refractivity contribution in [3.63, 3.8) is 0 Å². The molecule has 6 nitrogen and oxygen atoms in total. The Balaban J connectivity index is 2.51. The van der Waals surface area contributed by atoms with E-state index in [0.29, 0.717) is 5.69 Å². The fraction of sp³-hybridized carbons (Fsp3) is 0.500. The second kappa shape index (κ2) is 5.53. The minimum absolute atomic E-state index is 0.0990. The standard InChI is InChI=1S/C8H11F3N4O2/c9-8(10,11)6(7(12)14-16)4-13-3-5-1-2-17-15-5/h1-2,6,13,16H,3-4H2,(H2,12,14). The van der Waals surface area contributed by atoms with E-state index in [4.69, 9.17) is 10.9 Å². The average molecular weight is 252 g/mol. The van der Waals surface area contributed by atoms with Gasteiger partial charge in [0.05, 0.1) is 5.69 Å². The zero-order chi connectivity index (χ0) is 12.9. The van der Waals surface area contributed by atoms with Gasteiger partial charge in [0.25, 0.3) is 0 Å². The van der Waals surface area contributed by atoms with Crippen molar-refractivity contribution in [2.24, 2.45) is 16.8 Å². The molecule has 0 aliphatic carbocycles. The third kappa shape index (κ3) is 3.94. The highest BCUT2D eigenvalue weighted by Crippen LogP contribution is 2.25. The van der Waals surface area contributed by atoms with E-state index in [2.05, 4.69) is 20.2 Å². The van der Waals surface area contributed by atoms with Crippen molar-refractivity contribution in [3.8, 4) is 0 Å². The van der Waals surface area contributed by atoms with E-state index in [1.807, 2.05) is 0 Å². The highest BCUT2D eigenvalue weighted by Gasteiger charge is 2.42. The van der Waals surface area contributed by atoms with Crippen molar-refractivity contribution in [2.45, 2.75) is 12.7 Å². The first-order valence-corrected chi connectivity index (χ1v) is 4.59. The number of hydrogen-bond donors (Lipinski definition) is 3. The molecule has 0 saturated heterocycles. The van der Waals surface area contributed by atoms with Crippen LogP contribution in [0.5, 0.6) is 0 Å². The summed E-state index contributed by atoms with van der Waals surface area (Å²) in [5, 5.41) is 16.6. The maximum atomic E-state index is 12.5. The van der Waals surface area contributed by atoms with Gasteiger partial charge in [0.1, 0.15) is 12.2 Å². The summed E-state index contributed by atoms with van der Waals surface area (Å²) in [6.07, 6.45) is -3.27. The van der Waals surface area contributed by atoms with E-state index in [9.17, 15) is 13.2 Å². The zero-order valence-corrected chi connectivity index (χ0v) is 8.61. The van der Waals surface area contributed by atoms with Crippen molar-refractivity contribution in [2.75, 3.05) is 6.54 Å². The lowest BCUT2D eigenvalue weighted by Gasteiger charge is -2.18. The van der Waals surface area contributed by atoms with E-state index in [0.717, 1.165) is 0 Å². The summed E-state index contributed by atoms with van der Waals surface area (Å²) in [5.74, 6) is -2.93. The van der Waals surface area contributed by atoms with Gasteiger partial charge in [0, 0.05) is 19.2 Å². The van der Waals surface area contributed by atoms with Crippen LogP contribution in [0.3, 0.4) is 0 Å². The monoisotopic (exact) mass is 252 g/mol. The Morgan fingerprint density at radius 3 is 2.82 bits per heavy atom. The molecule has 1 heterocycles. The fourth-order valence-electron chi connectivity index (χ4n) is 1.13. The van der Waals surface area contributed by atoms with Crippen LogP contribution in [0.15, 0.2) is 22.0 Å². The van der Waals surface area contributed by atoms with Crippen molar-refractivity contribution in [1.82, 2.24) is 10.5 Å². The van der Waals surface area contributed by atoms with E-state index in [-0.39, 0.29) is 6.54 Å². The zero-order valence-electron chi connectivity index (χ0n) is 8.61. The van der Waals surface area contributed by atoms with Gasteiger partial charge in [-0.1, -0.05) is 10.3 Å². The Morgan fingerprint density at radius 2 is 2.35 bits per heavy atom. The van der Waals surface area contributed by atoms with Gasteiger partial charge < -0.3 is 20.8 Å². The lowest BCUT2D eigenvalue weighted by atomic mass is 10.1. The summed E-state index contributed by atoms with van der Waals surface area (Å²) < 4.78 is 41.9. The second-order valence-electron chi connectivity index (χ2n) is 3.24. The van der Waals surface area contributed by atoms with Crippen LogP contribution in [0.2, 0.25) is 0 Å². The number of oxime groups is 1. The Morgan fingerprint density at radius 1 is 1.65 bits per heavy atom. The van der Waals surface area contributed by atoms with Crippen LogP contribution < -0.4 is 11.1 Å². The molecule has 0 bridgehead atoms. The molecule has 0 fully saturated rings. The quantitative estimate of drug-likeness (QED) is 0.310. The van der Waals surface area contributed by atoms with Crippen LogP contribution in [-0.4, -0.2) is 28.9 Å². The fourth-order valence-corrected chi connectivity index (χ4v) is 1.13. The second-order valence-corrected chi connectivity index (χ2v) is 3.24. The third-order valence-corrected chi connectivity index (χ3v) is 2.01. The summed E-state index contributed by atoms with van der Waals surface area (Å²) in [4.78, 5) is 0. The maximum Gasteiger partial charge on any atom is 0.400 e. The number of nitrogens with two attached hydrogens (primary N) is 1. The lowest BCUT2D eigenvalue weighted by molar-refractivity contribution is -0.155. The predicted molar refractivity (Wildman–Crippen MR) is 51.2 cm³/mol. The molecule has 1 atom stereocenters. The minimum atomic E-state index is -4.58. The molecule has 1 aromatic heterocycles. The third-order valence-electron chi connectivity index (χ3n) is 2.01. The molecule has 17 heavy (non-hydrogen) atoms. The smallest absolute Gasteiger partial charge is 0.400 e. The largest absolute Gasteiger partial charge is 0.409 e. The summed E-state index contributed by atoms with van der Waals surface area (Å²) in [6, 6.07) is 1.51.